The molecule has 1 heterocycles. The lowest BCUT2D eigenvalue weighted by Crippen LogP contribution is -2.32. The Morgan fingerprint density at radius 3 is 2.62 bits per heavy atom. The van der Waals surface area contributed by atoms with Crippen LogP contribution in [0.2, 0.25) is 5.02 Å². The molecule has 0 fully saturated rings. The average molecular weight is 305 g/mol. The van der Waals surface area contributed by atoms with Crippen molar-refractivity contribution in [3.05, 3.63) is 53.2 Å². The number of amides is 1. The summed E-state index contributed by atoms with van der Waals surface area (Å²) in [4.78, 5) is 14.0. The summed E-state index contributed by atoms with van der Waals surface area (Å²) in [6, 6.07) is 8.82. The molecule has 1 aromatic carbocycles. The van der Waals surface area contributed by atoms with E-state index >= 15 is 0 Å². The summed E-state index contributed by atoms with van der Waals surface area (Å²) in [5.41, 5.74) is 2.04. The van der Waals surface area contributed by atoms with E-state index in [4.69, 9.17) is 16.1 Å². The summed E-state index contributed by atoms with van der Waals surface area (Å²) < 4.78 is 5.25. The molecule has 0 aliphatic heterocycles. The number of hydrogen-bond acceptors (Lipinski definition) is 3. The topological polar surface area (TPSA) is 46.3 Å². The van der Waals surface area contributed by atoms with Crippen LogP contribution in [0.15, 0.2) is 47.0 Å². The third kappa shape index (κ3) is 3.73. The monoisotopic (exact) mass is 304 g/mol. The SMILES string of the molecule is C=C(C)CN(CC)C(=O)c1cc(-c2ccc(Cl)cc2)on1. The van der Waals surface area contributed by atoms with E-state index in [1.54, 1.807) is 23.1 Å². The largest absolute Gasteiger partial charge is 0.355 e. The molecule has 0 bridgehead atoms. The van der Waals surface area contributed by atoms with Gasteiger partial charge in [-0.2, -0.15) is 0 Å². The lowest BCUT2D eigenvalue weighted by molar-refractivity contribution is 0.0768. The zero-order chi connectivity index (χ0) is 15.4. The van der Waals surface area contributed by atoms with Crippen molar-refractivity contribution in [3.63, 3.8) is 0 Å². The summed E-state index contributed by atoms with van der Waals surface area (Å²) in [5, 5.41) is 4.51. The van der Waals surface area contributed by atoms with Crippen LogP contribution in [0.5, 0.6) is 0 Å². The van der Waals surface area contributed by atoms with Crippen LogP contribution >= 0.6 is 11.6 Å². The molecule has 2 rings (SSSR count). The normalized spacial score (nSPS) is 10.4. The molecule has 0 radical (unpaired) electrons. The van der Waals surface area contributed by atoms with Crippen molar-refractivity contribution in [1.82, 2.24) is 10.1 Å². The van der Waals surface area contributed by atoms with E-state index in [9.17, 15) is 4.79 Å². The Morgan fingerprint density at radius 1 is 1.38 bits per heavy atom. The molecule has 0 N–H and O–H groups in total. The lowest BCUT2D eigenvalue weighted by atomic mass is 10.1. The third-order valence-electron chi connectivity index (χ3n) is 2.99. The highest BCUT2D eigenvalue weighted by molar-refractivity contribution is 6.30. The van der Waals surface area contributed by atoms with Crippen molar-refractivity contribution in [1.29, 1.82) is 0 Å². The maximum atomic E-state index is 12.4. The number of benzene rings is 1. The van der Waals surface area contributed by atoms with Crippen LogP contribution in [0.25, 0.3) is 11.3 Å². The molecule has 5 heteroatoms. The van der Waals surface area contributed by atoms with E-state index < -0.39 is 0 Å². The smallest absolute Gasteiger partial charge is 0.276 e. The van der Waals surface area contributed by atoms with Gasteiger partial charge in [0.2, 0.25) is 0 Å². The van der Waals surface area contributed by atoms with Crippen molar-refractivity contribution in [2.24, 2.45) is 0 Å². The van der Waals surface area contributed by atoms with Crippen LogP contribution < -0.4 is 0 Å². The zero-order valence-corrected chi connectivity index (χ0v) is 12.9. The summed E-state index contributed by atoms with van der Waals surface area (Å²) in [5.74, 6) is 0.380. The molecule has 21 heavy (non-hydrogen) atoms. The molecule has 1 amide bonds. The molecular formula is C16H17ClN2O2. The molecule has 0 aliphatic carbocycles. The van der Waals surface area contributed by atoms with Crippen LogP contribution in [-0.4, -0.2) is 29.1 Å². The molecule has 0 spiro atoms. The van der Waals surface area contributed by atoms with Gasteiger partial charge in [0, 0.05) is 29.7 Å². The minimum absolute atomic E-state index is 0.163. The number of carbonyl (C=O) groups excluding carboxylic acids is 1. The summed E-state index contributed by atoms with van der Waals surface area (Å²) in [7, 11) is 0. The van der Waals surface area contributed by atoms with Crippen LogP contribution in [0.4, 0.5) is 0 Å². The van der Waals surface area contributed by atoms with Gasteiger partial charge in [0.1, 0.15) is 0 Å². The first-order valence-electron chi connectivity index (χ1n) is 6.67. The fraction of sp³-hybridized carbons (Fsp3) is 0.250. The highest BCUT2D eigenvalue weighted by atomic mass is 35.5. The van der Waals surface area contributed by atoms with Gasteiger partial charge in [-0.3, -0.25) is 4.79 Å². The molecule has 0 saturated carbocycles. The molecule has 0 unspecified atom stereocenters. The highest BCUT2D eigenvalue weighted by Crippen LogP contribution is 2.22. The van der Waals surface area contributed by atoms with Crippen LogP contribution in [-0.2, 0) is 0 Å². The summed E-state index contributed by atoms with van der Waals surface area (Å²) >= 11 is 5.85. The van der Waals surface area contributed by atoms with Gasteiger partial charge >= 0.3 is 0 Å². The van der Waals surface area contributed by atoms with Gasteiger partial charge in [-0.25, -0.2) is 0 Å². The maximum Gasteiger partial charge on any atom is 0.276 e. The number of halogens is 1. The Kier molecular flexibility index (Phi) is 4.81. The van der Waals surface area contributed by atoms with Crippen LogP contribution in [0.1, 0.15) is 24.3 Å². The molecule has 2 aromatic rings. The number of aromatic nitrogens is 1. The first-order valence-corrected chi connectivity index (χ1v) is 7.05. The predicted molar refractivity (Wildman–Crippen MR) is 83.3 cm³/mol. The Labute approximate surface area is 129 Å². The first-order chi connectivity index (χ1) is 10.0. The zero-order valence-electron chi connectivity index (χ0n) is 12.1. The summed E-state index contributed by atoms with van der Waals surface area (Å²) in [6.07, 6.45) is 0. The Morgan fingerprint density at radius 2 is 2.05 bits per heavy atom. The van der Waals surface area contributed by atoms with Crippen molar-refractivity contribution < 1.29 is 9.32 Å². The van der Waals surface area contributed by atoms with Crippen molar-refractivity contribution in [3.8, 4) is 11.3 Å². The van der Waals surface area contributed by atoms with E-state index in [1.807, 2.05) is 26.0 Å². The highest BCUT2D eigenvalue weighted by Gasteiger charge is 2.19. The first kappa shape index (κ1) is 15.3. The fourth-order valence-electron chi connectivity index (χ4n) is 1.94. The van der Waals surface area contributed by atoms with Crippen molar-refractivity contribution >= 4 is 17.5 Å². The molecule has 0 saturated heterocycles. The second-order valence-corrected chi connectivity index (χ2v) is 5.30. The van der Waals surface area contributed by atoms with Crippen LogP contribution in [0.3, 0.4) is 0 Å². The minimum atomic E-state index is -0.163. The minimum Gasteiger partial charge on any atom is -0.355 e. The summed E-state index contributed by atoms with van der Waals surface area (Å²) in [6.45, 7) is 8.74. The molecule has 4 nitrogen and oxygen atoms in total. The van der Waals surface area contributed by atoms with E-state index in [1.165, 1.54) is 0 Å². The molecule has 0 atom stereocenters. The van der Waals surface area contributed by atoms with Crippen LogP contribution in [0, 0.1) is 0 Å². The van der Waals surface area contributed by atoms with E-state index in [0.717, 1.165) is 11.1 Å². The second kappa shape index (κ2) is 6.59. The predicted octanol–water partition coefficient (Wildman–Crippen LogP) is 4.03. The standard InChI is InChI=1S/C16H17ClN2O2/c1-4-19(10-11(2)3)16(20)14-9-15(21-18-14)12-5-7-13(17)8-6-12/h5-9H,2,4,10H2,1,3H3. The lowest BCUT2D eigenvalue weighted by Gasteiger charge is -2.19. The Bertz CT molecular complexity index is 647. The van der Waals surface area contributed by atoms with E-state index in [-0.39, 0.29) is 5.91 Å². The quantitative estimate of drug-likeness (QED) is 0.783. The van der Waals surface area contributed by atoms with Gasteiger partial charge in [-0.05, 0) is 38.1 Å². The number of nitrogens with zero attached hydrogens (tertiary/aromatic N) is 2. The van der Waals surface area contributed by atoms with Gasteiger partial charge in [-0.15, -0.1) is 0 Å². The molecule has 0 aliphatic rings. The van der Waals surface area contributed by atoms with Crippen molar-refractivity contribution in [2.75, 3.05) is 13.1 Å². The number of carbonyl (C=O) groups is 1. The second-order valence-electron chi connectivity index (χ2n) is 4.86. The van der Waals surface area contributed by atoms with Crippen molar-refractivity contribution in [2.45, 2.75) is 13.8 Å². The molecule has 1 aromatic heterocycles. The number of hydrogen-bond donors (Lipinski definition) is 0. The van der Waals surface area contributed by atoms with Gasteiger partial charge in [-0.1, -0.05) is 28.9 Å². The Hall–Kier alpha value is -2.07. The number of rotatable bonds is 5. The fourth-order valence-corrected chi connectivity index (χ4v) is 2.07. The van der Waals surface area contributed by atoms with Gasteiger partial charge < -0.3 is 9.42 Å². The average Bonchev–Trinajstić information content (AvgIpc) is 2.94. The van der Waals surface area contributed by atoms with Gasteiger partial charge in [0.25, 0.3) is 5.91 Å². The van der Waals surface area contributed by atoms with Gasteiger partial charge in [0.15, 0.2) is 11.5 Å². The Balaban J connectivity index is 2.20. The maximum absolute atomic E-state index is 12.4. The van der Waals surface area contributed by atoms with E-state index in [0.29, 0.717) is 29.6 Å². The van der Waals surface area contributed by atoms with Gasteiger partial charge in [0.05, 0.1) is 0 Å². The molecular weight excluding hydrogens is 288 g/mol. The third-order valence-corrected chi connectivity index (χ3v) is 3.24. The van der Waals surface area contributed by atoms with E-state index in [2.05, 4.69) is 11.7 Å². The number of likely N-dealkylation sites (N-methyl/N-ethyl adjacent to an activating group) is 1. The molecule has 110 valence electrons.